The standard InChI is InChI=1S/C14H32Si2/c1-7-15(8-2,9-3)13-14-16(10-4,11-5)12-6/h13-14H,7-12H2,1-6H3/b14-13+. The van der Waals surface area contributed by atoms with Gasteiger partial charge < -0.3 is 0 Å². The van der Waals surface area contributed by atoms with Crippen LogP contribution in [0.25, 0.3) is 0 Å². The van der Waals surface area contributed by atoms with E-state index in [1.807, 2.05) is 0 Å². The van der Waals surface area contributed by atoms with Crippen molar-refractivity contribution in [3.8, 4) is 0 Å². The van der Waals surface area contributed by atoms with Gasteiger partial charge in [0.25, 0.3) is 0 Å². The molecule has 0 nitrogen and oxygen atoms in total. The monoisotopic (exact) mass is 256 g/mol. The van der Waals surface area contributed by atoms with E-state index in [4.69, 9.17) is 0 Å². The smallest absolute Gasteiger partial charge is 0.0761 e. The van der Waals surface area contributed by atoms with E-state index in [0.29, 0.717) is 0 Å². The second kappa shape index (κ2) is 7.49. The Morgan fingerprint density at radius 2 is 0.688 bits per heavy atom. The van der Waals surface area contributed by atoms with Crippen LogP contribution in [-0.2, 0) is 0 Å². The Balaban J connectivity index is 4.88. The third kappa shape index (κ3) is 3.88. The molecule has 0 atom stereocenters. The lowest BCUT2D eigenvalue weighted by Gasteiger charge is -2.29. The van der Waals surface area contributed by atoms with Gasteiger partial charge in [0.05, 0.1) is 16.1 Å². The fraction of sp³-hybridized carbons (Fsp3) is 0.857. The van der Waals surface area contributed by atoms with E-state index in [9.17, 15) is 0 Å². The molecule has 0 aliphatic rings. The maximum Gasteiger partial charge on any atom is 0.0761 e. The van der Waals surface area contributed by atoms with Crippen LogP contribution in [0, 0.1) is 0 Å². The zero-order chi connectivity index (χ0) is 12.7. The van der Waals surface area contributed by atoms with Crippen molar-refractivity contribution in [2.75, 3.05) is 0 Å². The lowest BCUT2D eigenvalue weighted by atomic mass is 10.9. The van der Waals surface area contributed by atoms with E-state index in [2.05, 4.69) is 52.9 Å². The van der Waals surface area contributed by atoms with Gasteiger partial charge in [0.1, 0.15) is 0 Å². The van der Waals surface area contributed by atoms with Crippen LogP contribution in [0.5, 0.6) is 0 Å². The summed E-state index contributed by atoms with van der Waals surface area (Å²) in [5.74, 6) is 0. The molecule has 0 N–H and O–H groups in total. The van der Waals surface area contributed by atoms with E-state index in [0.717, 1.165) is 0 Å². The normalized spacial score (nSPS) is 13.6. The molecule has 0 saturated heterocycles. The highest BCUT2D eigenvalue weighted by Crippen LogP contribution is 2.26. The molecule has 0 bridgehead atoms. The molecule has 2 heteroatoms. The Morgan fingerprint density at radius 3 is 0.812 bits per heavy atom. The third-order valence-corrected chi connectivity index (χ3v) is 15.5. The van der Waals surface area contributed by atoms with Crippen LogP contribution in [0.15, 0.2) is 11.4 Å². The highest BCUT2D eigenvalue weighted by atomic mass is 28.3. The van der Waals surface area contributed by atoms with Gasteiger partial charge in [0, 0.05) is 0 Å². The van der Waals surface area contributed by atoms with Crippen LogP contribution < -0.4 is 0 Å². The van der Waals surface area contributed by atoms with Crippen molar-refractivity contribution < 1.29 is 0 Å². The Labute approximate surface area is 106 Å². The summed E-state index contributed by atoms with van der Waals surface area (Å²) in [5.41, 5.74) is 5.46. The van der Waals surface area contributed by atoms with Crippen LogP contribution >= 0.6 is 0 Å². The van der Waals surface area contributed by atoms with Crippen molar-refractivity contribution in [2.24, 2.45) is 0 Å². The maximum atomic E-state index is 2.73. The summed E-state index contributed by atoms with van der Waals surface area (Å²) < 4.78 is 0. The first-order valence-corrected chi connectivity index (χ1v) is 12.7. The molecular weight excluding hydrogens is 224 g/mol. The first-order valence-electron chi connectivity index (χ1n) is 7.27. The van der Waals surface area contributed by atoms with Gasteiger partial charge in [-0.2, -0.15) is 0 Å². The minimum Gasteiger partial charge on any atom is -0.102 e. The van der Waals surface area contributed by atoms with Gasteiger partial charge in [-0.25, -0.2) is 0 Å². The van der Waals surface area contributed by atoms with Crippen LogP contribution in [0.1, 0.15) is 41.5 Å². The topological polar surface area (TPSA) is 0 Å². The highest BCUT2D eigenvalue weighted by molar-refractivity contribution is 6.89. The quantitative estimate of drug-likeness (QED) is 0.493. The van der Waals surface area contributed by atoms with Gasteiger partial charge in [-0.15, -0.1) is 11.4 Å². The molecule has 0 aromatic rings. The second-order valence-corrected chi connectivity index (χ2v) is 15.5. The predicted molar refractivity (Wildman–Crippen MR) is 83.5 cm³/mol. The number of hydrogen-bond donors (Lipinski definition) is 0. The van der Waals surface area contributed by atoms with Crippen molar-refractivity contribution in [2.45, 2.75) is 77.8 Å². The molecule has 0 radical (unpaired) electrons. The van der Waals surface area contributed by atoms with E-state index in [1.54, 1.807) is 0 Å². The second-order valence-electron chi connectivity index (χ2n) is 5.18. The van der Waals surface area contributed by atoms with Gasteiger partial charge in [-0.3, -0.25) is 0 Å². The average Bonchev–Trinajstić information content (AvgIpc) is 2.37. The lowest BCUT2D eigenvalue weighted by Crippen LogP contribution is -2.34. The van der Waals surface area contributed by atoms with Crippen LogP contribution in [-0.4, -0.2) is 16.1 Å². The zero-order valence-electron chi connectivity index (χ0n) is 12.4. The van der Waals surface area contributed by atoms with Crippen molar-refractivity contribution in [3.63, 3.8) is 0 Å². The molecule has 16 heavy (non-hydrogen) atoms. The summed E-state index contributed by atoms with van der Waals surface area (Å²) in [5, 5.41) is 0. The largest absolute Gasteiger partial charge is 0.102 e. The van der Waals surface area contributed by atoms with Crippen molar-refractivity contribution >= 4 is 16.1 Å². The number of hydrogen-bond acceptors (Lipinski definition) is 0. The summed E-state index contributed by atoms with van der Waals surface area (Å²) in [6, 6.07) is 8.57. The molecule has 0 amide bonds. The molecule has 0 aliphatic heterocycles. The molecule has 0 heterocycles. The first kappa shape index (κ1) is 16.2. The van der Waals surface area contributed by atoms with Gasteiger partial charge in [0.15, 0.2) is 0 Å². The van der Waals surface area contributed by atoms with E-state index in [1.165, 1.54) is 36.3 Å². The minimum absolute atomic E-state index is 1.02. The Bertz CT molecular complexity index is 162. The summed E-state index contributed by atoms with van der Waals surface area (Å²) in [7, 11) is -2.04. The Hall–Kier alpha value is 0.174. The Morgan fingerprint density at radius 1 is 0.500 bits per heavy atom. The molecule has 0 rings (SSSR count). The Kier molecular flexibility index (Phi) is 7.57. The van der Waals surface area contributed by atoms with Gasteiger partial charge in [0.2, 0.25) is 0 Å². The summed E-state index contributed by atoms with van der Waals surface area (Å²) in [6.45, 7) is 14.4. The van der Waals surface area contributed by atoms with Gasteiger partial charge in [-0.1, -0.05) is 77.8 Å². The highest BCUT2D eigenvalue weighted by Gasteiger charge is 2.27. The zero-order valence-corrected chi connectivity index (χ0v) is 14.4. The molecule has 0 aromatic carbocycles. The average molecular weight is 257 g/mol. The molecule has 0 unspecified atom stereocenters. The molecule has 96 valence electrons. The maximum absolute atomic E-state index is 2.73. The minimum atomic E-state index is -1.02. The molecular formula is C14H32Si2. The lowest BCUT2D eigenvalue weighted by molar-refractivity contribution is 1.18. The van der Waals surface area contributed by atoms with E-state index < -0.39 is 16.1 Å². The summed E-state index contributed by atoms with van der Waals surface area (Å²) in [4.78, 5) is 0. The third-order valence-electron chi connectivity index (χ3n) is 5.02. The first-order chi connectivity index (χ1) is 7.57. The van der Waals surface area contributed by atoms with Crippen LogP contribution in [0.3, 0.4) is 0 Å². The molecule has 0 aromatic heterocycles. The number of rotatable bonds is 8. The molecule has 0 spiro atoms. The fourth-order valence-corrected chi connectivity index (χ4v) is 9.80. The van der Waals surface area contributed by atoms with Crippen molar-refractivity contribution in [1.82, 2.24) is 0 Å². The summed E-state index contributed by atoms with van der Waals surface area (Å²) in [6.07, 6.45) is 0. The van der Waals surface area contributed by atoms with E-state index >= 15 is 0 Å². The summed E-state index contributed by atoms with van der Waals surface area (Å²) >= 11 is 0. The molecule has 0 fully saturated rings. The van der Waals surface area contributed by atoms with Crippen LogP contribution in [0.2, 0.25) is 36.3 Å². The fourth-order valence-electron chi connectivity index (χ4n) is 2.56. The molecule has 0 saturated carbocycles. The van der Waals surface area contributed by atoms with Gasteiger partial charge in [-0.05, 0) is 0 Å². The van der Waals surface area contributed by atoms with Crippen LogP contribution in [0.4, 0.5) is 0 Å². The van der Waals surface area contributed by atoms with Crippen molar-refractivity contribution in [1.29, 1.82) is 0 Å². The van der Waals surface area contributed by atoms with Gasteiger partial charge >= 0.3 is 0 Å². The molecule has 0 aliphatic carbocycles. The van der Waals surface area contributed by atoms with E-state index in [-0.39, 0.29) is 0 Å². The van der Waals surface area contributed by atoms with Crippen molar-refractivity contribution in [3.05, 3.63) is 11.4 Å². The SMILES string of the molecule is CC[Si](/C=C/[Si](CC)(CC)CC)(CC)CC. The predicted octanol–water partition coefficient (Wildman–Crippen LogP) is 5.64.